The highest BCUT2D eigenvalue weighted by Crippen LogP contribution is 2.30. The normalized spacial score (nSPS) is 10.3. The van der Waals surface area contributed by atoms with Crippen LogP contribution in [-0.4, -0.2) is 22.2 Å². The molecule has 0 aliphatic carbocycles. The fourth-order valence-electron chi connectivity index (χ4n) is 3.61. The summed E-state index contributed by atoms with van der Waals surface area (Å²) in [6.45, 7) is 0. The highest BCUT2D eigenvalue weighted by molar-refractivity contribution is 6.05. The first-order chi connectivity index (χ1) is 17.0. The number of carbonyl (C=O) groups is 2. The van der Waals surface area contributed by atoms with Crippen molar-refractivity contribution in [1.82, 2.24) is 0 Å². The van der Waals surface area contributed by atoms with Gasteiger partial charge in [0.2, 0.25) is 0 Å². The molecule has 4 aromatic carbocycles. The monoisotopic (exact) mass is 456 g/mol. The first-order valence-electron chi connectivity index (χ1n) is 10.6. The number of rotatable bonds is 2. The Kier molecular flexibility index (Phi) is 5.51. The van der Waals surface area contributed by atoms with E-state index >= 15 is 0 Å². The molecule has 5 aromatic rings. The molecule has 166 valence electrons. The van der Waals surface area contributed by atoms with Gasteiger partial charge in [0.25, 0.3) is 0 Å². The molecule has 0 amide bonds. The molecule has 5 nitrogen and oxygen atoms in total. The summed E-state index contributed by atoms with van der Waals surface area (Å²) in [7, 11) is 0. The second kappa shape index (κ2) is 8.94. The minimum atomic E-state index is -0.970. The third-order valence-electron chi connectivity index (χ3n) is 5.44. The Hall–Kier alpha value is -5.26. The van der Waals surface area contributed by atoms with Crippen LogP contribution in [0.4, 0.5) is 0 Å². The van der Waals surface area contributed by atoms with Gasteiger partial charge in [0.15, 0.2) is 0 Å². The lowest BCUT2D eigenvalue weighted by Crippen LogP contribution is -1.94. The first-order valence-corrected chi connectivity index (χ1v) is 10.6. The van der Waals surface area contributed by atoms with Gasteiger partial charge in [-0.15, -0.1) is 0 Å². The van der Waals surface area contributed by atoms with Crippen LogP contribution < -0.4 is 0 Å². The fourth-order valence-corrected chi connectivity index (χ4v) is 3.61. The molecule has 0 spiro atoms. The Bertz CT molecular complexity index is 1600. The van der Waals surface area contributed by atoms with Crippen LogP contribution in [-0.2, 0) is 0 Å². The Morgan fingerprint density at radius 1 is 0.514 bits per heavy atom. The fraction of sp³-hybridized carbons (Fsp3) is 0. The number of furan rings is 1. The second-order valence-electron chi connectivity index (χ2n) is 7.79. The zero-order valence-electron chi connectivity index (χ0n) is 18.2. The second-order valence-corrected chi connectivity index (χ2v) is 7.79. The maximum atomic E-state index is 11.0. The van der Waals surface area contributed by atoms with Crippen LogP contribution in [0.1, 0.15) is 43.0 Å². The molecule has 1 heterocycles. The molecule has 2 N–H and O–H groups in total. The number of aromatic carboxylic acids is 2. The molecule has 0 aliphatic rings. The number of hydrogen-bond acceptors (Lipinski definition) is 3. The summed E-state index contributed by atoms with van der Waals surface area (Å²) in [5.41, 5.74) is 4.98. The zero-order chi connectivity index (χ0) is 24.4. The van der Waals surface area contributed by atoms with Crippen molar-refractivity contribution in [2.75, 3.05) is 0 Å². The van der Waals surface area contributed by atoms with E-state index in [-0.39, 0.29) is 11.1 Å². The van der Waals surface area contributed by atoms with E-state index in [1.54, 1.807) is 24.3 Å². The highest BCUT2D eigenvalue weighted by Gasteiger charge is 2.08. The average molecular weight is 456 g/mol. The summed E-state index contributed by atoms with van der Waals surface area (Å²) >= 11 is 0. The van der Waals surface area contributed by atoms with Gasteiger partial charge in [0.1, 0.15) is 11.2 Å². The smallest absolute Gasteiger partial charge is 0.335 e. The minimum absolute atomic E-state index is 0.220. The lowest BCUT2D eigenvalue weighted by Gasteiger charge is -1.95. The molecule has 0 aliphatic heterocycles. The maximum absolute atomic E-state index is 11.0. The van der Waals surface area contributed by atoms with Crippen molar-refractivity contribution in [3.8, 4) is 23.7 Å². The van der Waals surface area contributed by atoms with Crippen LogP contribution in [0.25, 0.3) is 21.9 Å². The van der Waals surface area contributed by atoms with Crippen LogP contribution in [0.15, 0.2) is 89.3 Å². The Morgan fingerprint density at radius 3 is 1.23 bits per heavy atom. The van der Waals surface area contributed by atoms with Crippen molar-refractivity contribution in [1.29, 1.82) is 0 Å². The van der Waals surface area contributed by atoms with E-state index in [1.165, 1.54) is 24.3 Å². The van der Waals surface area contributed by atoms with E-state index < -0.39 is 11.9 Å². The van der Waals surface area contributed by atoms with Crippen LogP contribution in [0.3, 0.4) is 0 Å². The predicted octanol–water partition coefficient (Wildman–Crippen LogP) is 5.78. The SMILES string of the molecule is O=C(O)c1ccc(C#Cc2ccc3oc4ccc(C#Cc5ccc(C(=O)O)cc5)cc4c3c2)cc1. The van der Waals surface area contributed by atoms with Crippen molar-refractivity contribution in [2.24, 2.45) is 0 Å². The van der Waals surface area contributed by atoms with Crippen molar-refractivity contribution in [2.45, 2.75) is 0 Å². The minimum Gasteiger partial charge on any atom is -0.478 e. The Labute approximate surface area is 200 Å². The number of carboxylic acids is 2. The van der Waals surface area contributed by atoms with E-state index in [0.29, 0.717) is 0 Å². The molecule has 0 fully saturated rings. The van der Waals surface area contributed by atoms with E-state index in [0.717, 1.165) is 44.2 Å². The molecular formula is C30H16O5. The first kappa shape index (κ1) is 21.6. The topological polar surface area (TPSA) is 87.7 Å². The van der Waals surface area contributed by atoms with Crippen molar-refractivity contribution < 1.29 is 24.2 Å². The molecule has 0 unspecified atom stereocenters. The lowest BCUT2D eigenvalue weighted by molar-refractivity contribution is 0.0686. The van der Waals surface area contributed by atoms with Crippen LogP contribution in [0, 0.1) is 23.7 Å². The van der Waals surface area contributed by atoms with E-state index in [2.05, 4.69) is 23.7 Å². The Balaban J connectivity index is 1.46. The quantitative estimate of drug-likeness (QED) is 0.329. The molecule has 5 rings (SSSR count). The van der Waals surface area contributed by atoms with Crippen molar-refractivity contribution in [3.63, 3.8) is 0 Å². The van der Waals surface area contributed by atoms with Crippen LogP contribution in [0.2, 0.25) is 0 Å². The molecule has 0 radical (unpaired) electrons. The summed E-state index contributed by atoms with van der Waals surface area (Å²) < 4.78 is 5.95. The summed E-state index contributed by atoms with van der Waals surface area (Å²) in [6, 6.07) is 24.3. The number of fused-ring (bicyclic) bond motifs is 3. The molecule has 5 heteroatoms. The summed E-state index contributed by atoms with van der Waals surface area (Å²) in [5.74, 6) is 10.4. The van der Waals surface area contributed by atoms with Gasteiger partial charge in [0.05, 0.1) is 11.1 Å². The van der Waals surface area contributed by atoms with Gasteiger partial charge in [0, 0.05) is 33.0 Å². The van der Waals surface area contributed by atoms with Gasteiger partial charge >= 0.3 is 11.9 Å². The molecule has 0 bridgehead atoms. The van der Waals surface area contributed by atoms with Crippen LogP contribution >= 0.6 is 0 Å². The average Bonchev–Trinajstić information content (AvgIpc) is 3.24. The van der Waals surface area contributed by atoms with Gasteiger partial charge < -0.3 is 14.6 Å². The standard InChI is InChI=1S/C30H16O5/c31-29(32)23-11-5-19(6-12-23)1-3-21-9-15-27-25(17-21)26-18-22(10-16-28(26)35-27)4-2-20-7-13-24(14-8-20)30(33)34/h5-18H,(H,31,32)(H,33,34). The van der Waals surface area contributed by atoms with Gasteiger partial charge in [-0.05, 0) is 84.9 Å². The summed E-state index contributed by atoms with van der Waals surface area (Å²) in [6.07, 6.45) is 0. The number of carboxylic acid groups (broad SMARTS) is 2. The predicted molar refractivity (Wildman–Crippen MR) is 132 cm³/mol. The van der Waals surface area contributed by atoms with Gasteiger partial charge in [-0.25, -0.2) is 9.59 Å². The van der Waals surface area contributed by atoms with Gasteiger partial charge in [-0.3, -0.25) is 0 Å². The molecule has 0 saturated carbocycles. The number of benzene rings is 4. The van der Waals surface area contributed by atoms with E-state index in [4.69, 9.17) is 14.6 Å². The Morgan fingerprint density at radius 2 is 0.857 bits per heavy atom. The van der Waals surface area contributed by atoms with Crippen molar-refractivity contribution in [3.05, 3.63) is 118 Å². The molecule has 35 heavy (non-hydrogen) atoms. The zero-order valence-corrected chi connectivity index (χ0v) is 18.2. The lowest BCUT2D eigenvalue weighted by atomic mass is 10.1. The van der Waals surface area contributed by atoms with E-state index in [1.807, 2.05) is 36.4 Å². The molecule has 0 saturated heterocycles. The summed E-state index contributed by atoms with van der Waals surface area (Å²) in [5, 5.41) is 19.9. The van der Waals surface area contributed by atoms with Gasteiger partial charge in [-0.1, -0.05) is 23.7 Å². The molecule has 1 aromatic heterocycles. The molecular weight excluding hydrogens is 440 g/mol. The third kappa shape index (κ3) is 4.61. The highest BCUT2D eigenvalue weighted by atomic mass is 16.4. The third-order valence-corrected chi connectivity index (χ3v) is 5.44. The largest absolute Gasteiger partial charge is 0.478 e. The van der Waals surface area contributed by atoms with Gasteiger partial charge in [-0.2, -0.15) is 0 Å². The number of hydrogen-bond donors (Lipinski definition) is 2. The molecule has 0 atom stereocenters. The van der Waals surface area contributed by atoms with E-state index in [9.17, 15) is 9.59 Å². The summed E-state index contributed by atoms with van der Waals surface area (Å²) in [4.78, 5) is 22.0. The van der Waals surface area contributed by atoms with Crippen LogP contribution in [0.5, 0.6) is 0 Å². The maximum Gasteiger partial charge on any atom is 0.335 e. The van der Waals surface area contributed by atoms with Crippen molar-refractivity contribution >= 4 is 33.9 Å².